The van der Waals surface area contributed by atoms with Gasteiger partial charge in [0, 0.05) is 16.6 Å². The summed E-state index contributed by atoms with van der Waals surface area (Å²) < 4.78 is 13.4. The summed E-state index contributed by atoms with van der Waals surface area (Å²) in [6.45, 7) is 3.85. The number of rotatable bonds is 2. The first-order valence-corrected chi connectivity index (χ1v) is 8.09. The minimum Gasteiger partial charge on any atom is -0.244 e. The quantitative estimate of drug-likeness (QED) is 0.512. The SMILES string of the molecule is Cc1cc(F)ccc1-c1cccc(-c2nc(C)c3ccccc3n2)n1. The Bertz CT molecular complexity index is 1090. The lowest BCUT2D eigenvalue weighted by Gasteiger charge is -2.08. The minimum atomic E-state index is -0.245. The molecule has 25 heavy (non-hydrogen) atoms. The normalized spacial score (nSPS) is 11.0. The van der Waals surface area contributed by atoms with Gasteiger partial charge in [0.05, 0.1) is 11.2 Å². The average molecular weight is 329 g/mol. The second kappa shape index (κ2) is 6.06. The Labute approximate surface area is 145 Å². The second-order valence-corrected chi connectivity index (χ2v) is 6.02. The van der Waals surface area contributed by atoms with Crippen molar-refractivity contribution in [1.82, 2.24) is 15.0 Å². The summed E-state index contributed by atoms with van der Waals surface area (Å²) >= 11 is 0. The highest BCUT2D eigenvalue weighted by Crippen LogP contribution is 2.25. The minimum absolute atomic E-state index is 0.245. The van der Waals surface area contributed by atoms with Gasteiger partial charge in [-0.05, 0) is 55.8 Å². The molecule has 0 aliphatic rings. The van der Waals surface area contributed by atoms with Crippen LogP contribution in [-0.2, 0) is 0 Å². The molecule has 0 bridgehead atoms. The number of benzene rings is 2. The van der Waals surface area contributed by atoms with Crippen molar-refractivity contribution in [2.24, 2.45) is 0 Å². The van der Waals surface area contributed by atoms with Crippen LogP contribution in [0.15, 0.2) is 60.7 Å². The fourth-order valence-electron chi connectivity index (χ4n) is 2.97. The van der Waals surface area contributed by atoms with E-state index in [1.54, 1.807) is 6.07 Å². The molecule has 2 heterocycles. The maximum atomic E-state index is 13.4. The predicted molar refractivity (Wildman–Crippen MR) is 97.6 cm³/mol. The lowest BCUT2D eigenvalue weighted by atomic mass is 10.0. The molecule has 0 N–H and O–H groups in total. The molecule has 0 aliphatic carbocycles. The van der Waals surface area contributed by atoms with Crippen molar-refractivity contribution < 1.29 is 4.39 Å². The standard InChI is InChI=1S/C21H16FN3/c1-13-12-15(22)10-11-16(13)18-8-5-9-20(24-18)21-23-14(2)17-6-3-4-7-19(17)25-21/h3-12H,1-2H3. The Morgan fingerprint density at radius 2 is 1.56 bits per heavy atom. The maximum absolute atomic E-state index is 13.4. The fourth-order valence-corrected chi connectivity index (χ4v) is 2.97. The van der Waals surface area contributed by atoms with Crippen LogP contribution in [0.3, 0.4) is 0 Å². The highest BCUT2D eigenvalue weighted by Gasteiger charge is 2.10. The first-order valence-electron chi connectivity index (χ1n) is 8.09. The van der Waals surface area contributed by atoms with Crippen molar-refractivity contribution >= 4 is 10.9 Å². The molecule has 4 heteroatoms. The molecule has 2 aromatic heterocycles. The van der Waals surface area contributed by atoms with E-state index in [1.807, 2.05) is 56.3 Å². The molecule has 0 fully saturated rings. The molecule has 0 amide bonds. The molecule has 4 rings (SSSR count). The second-order valence-electron chi connectivity index (χ2n) is 6.02. The monoisotopic (exact) mass is 329 g/mol. The predicted octanol–water partition coefficient (Wildman–Crippen LogP) is 5.11. The van der Waals surface area contributed by atoms with Crippen molar-refractivity contribution in [3.8, 4) is 22.8 Å². The first kappa shape index (κ1) is 15.4. The molecule has 0 saturated heterocycles. The summed E-state index contributed by atoms with van der Waals surface area (Å²) in [6.07, 6.45) is 0. The summed E-state index contributed by atoms with van der Waals surface area (Å²) in [7, 11) is 0. The highest BCUT2D eigenvalue weighted by molar-refractivity contribution is 5.82. The number of hydrogen-bond acceptors (Lipinski definition) is 3. The van der Waals surface area contributed by atoms with Gasteiger partial charge in [-0.2, -0.15) is 0 Å². The van der Waals surface area contributed by atoms with Gasteiger partial charge in [-0.25, -0.2) is 19.3 Å². The molecule has 3 nitrogen and oxygen atoms in total. The molecule has 0 atom stereocenters. The fraction of sp³-hybridized carbons (Fsp3) is 0.0952. The van der Waals surface area contributed by atoms with Crippen LogP contribution in [0.1, 0.15) is 11.3 Å². The van der Waals surface area contributed by atoms with Gasteiger partial charge in [0.2, 0.25) is 0 Å². The molecule has 0 radical (unpaired) electrons. The largest absolute Gasteiger partial charge is 0.244 e. The van der Waals surface area contributed by atoms with Crippen LogP contribution in [0.5, 0.6) is 0 Å². The smallest absolute Gasteiger partial charge is 0.178 e. The van der Waals surface area contributed by atoms with Crippen LogP contribution in [-0.4, -0.2) is 15.0 Å². The van der Waals surface area contributed by atoms with E-state index in [9.17, 15) is 4.39 Å². The molecular weight excluding hydrogens is 313 g/mol. The summed E-state index contributed by atoms with van der Waals surface area (Å²) in [5.41, 5.74) is 5.06. The molecule has 122 valence electrons. The van der Waals surface area contributed by atoms with E-state index >= 15 is 0 Å². The molecule has 0 spiro atoms. The van der Waals surface area contributed by atoms with Crippen molar-refractivity contribution in [3.63, 3.8) is 0 Å². The summed E-state index contributed by atoms with van der Waals surface area (Å²) in [5, 5.41) is 1.04. The van der Waals surface area contributed by atoms with Gasteiger partial charge >= 0.3 is 0 Å². The van der Waals surface area contributed by atoms with Gasteiger partial charge in [-0.1, -0.05) is 24.3 Å². The molecule has 2 aromatic carbocycles. The molecule has 0 aliphatic heterocycles. The average Bonchev–Trinajstić information content (AvgIpc) is 2.62. The van der Waals surface area contributed by atoms with Crippen LogP contribution in [0.4, 0.5) is 4.39 Å². The topological polar surface area (TPSA) is 38.7 Å². The molecule has 0 unspecified atom stereocenters. The van der Waals surface area contributed by atoms with Crippen LogP contribution in [0.2, 0.25) is 0 Å². The molecule has 4 aromatic rings. The molecule has 0 saturated carbocycles. The van der Waals surface area contributed by atoms with Gasteiger partial charge in [0.1, 0.15) is 11.5 Å². The third kappa shape index (κ3) is 2.87. The zero-order valence-corrected chi connectivity index (χ0v) is 14.0. The Balaban J connectivity index is 1.85. The van der Waals surface area contributed by atoms with E-state index in [0.29, 0.717) is 11.5 Å². The zero-order chi connectivity index (χ0) is 17.4. The lowest BCUT2D eigenvalue weighted by Crippen LogP contribution is -1.97. The Morgan fingerprint density at radius 3 is 2.40 bits per heavy atom. The Hall–Kier alpha value is -3.14. The van der Waals surface area contributed by atoms with E-state index < -0.39 is 0 Å². The number of aromatic nitrogens is 3. The van der Waals surface area contributed by atoms with Crippen LogP contribution in [0.25, 0.3) is 33.7 Å². The maximum Gasteiger partial charge on any atom is 0.178 e. The van der Waals surface area contributed by atoms with Crippen LogP contribution in [0, 0.1) is 19.7 Å². The van der Waals surface area contributed by atoms with Gasteiger partial charge in [-0.3, -0.25) is 0 Å². The summed E-state index contributed by atoms with van der Waals surface area (Å²) in [4.78, 5) is 14.0. The number of aryl methyl sites for hydroxylation is 2. The van der Waals surface area contributed by atoms with Gasteiger partial charge < -0.3 is 0 Å². The molecular formula is C21H16FN3. The lowest BCUT2D eigenvalue weighted by molar-refractivity contribution is 0.627. The Morgan fingerprint density at radius 1 is 0.760 bits per heavy atom. The highest BCUT2D eigenvalue weighted by atomic mass is 19.1. The van der Waals surface area contributed by atoms with Crippen LogP contribution < -0.4 is 0 Å². The van der Waals surface area contributed by atoms with E-state index in [2.05, 4.69) is 9.97 Å². The Kier molecular flexibility index (Phi) is 3.73. The van der Waals surface area contributed by atoms with Gasteiger partial charge in [-0.15, -0.1) is 0 Å². The number of fused-ring (bicyclic) bond motifs is 1. The summed E-state index contributed by atoms with van der Waals surface area (Å²) in [6, 6.07) is 18.4. The number of halogens is 1. The number of para-hydroxylation sites is 1. The first-order chi connectivity index (χ1) is 12.1. The van der Waals surface area contributed by atoms with Crippen molar-refractivity contribution in [2.45, 2.75) is 13.8 Å². The van der Waals surface area contributed by atoms with E-state index in [0.717, 1.165) is 33.4 Å². The van der Waals surface area contributed by atoms with E-state index in [-0.39, 0.29) is 5.82 Å². The van der Waals surface area contributed by atoms with E-state index in [1.165, 1.54) is 12.1 Å². The van der Waals surface area contributed by atoms with Crippen molar-refractivity contribution in [1.29, 1.82) is 0 Å². The van der Waals surface area contributed by atoms with Crippen molar-refractivity contribution in [2.75, 3.05) is 0 Å². The third-order valence-corrected chi connectivity index (χ3v) is 4.24. The van der Waals surface area contributed by atoms with Gasteiger partial charge in [0.25, 0.3) is 0 Å². The van der Waals surface area contributed by atoms with E-state index in [4.69, 9.17) is 4.98 Å². The van der Waals surface area contributed by atoms with Crippen LogP contribution >= 0.6 is 0 Å². The van der Waals surface area contributed by atoms with Crippen molar-refractivity contribution in [3.05, 3.63) is 77.7 Å². The zero-order valence-electron chi connectivity index (χ0n) is 14.0. The number of pyridine rings is 1. The summed E-state index contributed by atoms with van der Waals surface area (Å²) in [5.74, 6) is 0.351. The van der Waals surface area contributed by atoms with Gasteiger partial charge in [0.15, 0.2) is 5.82 Å². The third-order valence-electron chi connectivity index (χ3n) is 4.24. The number of hydrogen-bond donors (Lipinski definition) is 0. The number of nitrogens with zero attached hydrogens (tertiary/aromatic N) is 3.